The summed E-state index contributed by atoms with van der Waals surface area (Å²) >= 11 is 0. The highest BCUT2D eigenvalue weighted by Crippen LogP contribution is 2.31. The van der Waals surface area contributed by atoms with Crippen LogP contribution in [0, 0.1) is 0 Å². The highest BCUT2D eigenvalue weighted by atomic mass is 16.5. The molecule has 5 heteroatoms. The Hall–Kier alpha value is -1.10. The number of carbonyl (C=O) groups excluding carboxylic acids is 2. The van der Waals surface area contributed by atoms with Crippen molar-refractivity contribution in [2.24, 2.45) is 5.73 Å². The van der Waals surface area contributed by atoms with Gasteiger partial charge in [0.15, 0.2) is 0 Å². The van der Waals surface area contributed by atoms with Gasteiger partial charge in [0.2, 0.25) is 5.91 Å². The molecule has 3 N–H and O–H groups in total. The molecule has 1 rings (SSSR count). The van der Waals surface area contributed by atoms with Crippen molar-refractivity contribution < 1.29 is 14.3 Å². The number of carbonyl (C=O) groups is 2. The number of hydrogen-bond acceptors (Lipinski definition) is 4. The summed E-state index contributed by atoms with van der Waals surface area (Å²) in [6, 6.07) is 0. The number of esters is 1. The molecule has 0 aliphatic heterocycles. The van der Waals surface area contributed by atoms with Gasteiger partial charge in [-0.1, -0.05) is 0 Å². The summed E-state index contributed by atoms with van der Waals surface area (Å²) in [5.41, 5.74) is 4.99. The van der Waals surface area contributed by atoms with Crippen molar-refractivity contribution in [3.8, 4) is 0 Å². The van der Waals surface area contributed by atoms with Gasteiger partial charge in [-0.15, -0.1) is 0 Å². The first kappa shape index (κ1) is 12.0. The van der Waals surface area contributed by atoms with Gasteiger partial charge in [0.1, 0.15) is 0 Å². The molecule has 1 aliphatic rings. The Morgan fingerprint density at radius 1 is 1.47 bits per heavy atom. The number of nitrogens with two attached hydrogens (primary N) is 1. The van der Waals surface area contributed by atoms with Crippen LogP contribution in [0.25, 0.3) is 0 Å². The molecular weight excluding hydrogens is 196 g/mol. The van der Waals surface area contributed by atoms with Crippen LogP contribution in [-0.4, -0.2) is 30.1 Å². The van der Waals surface area contributed by atoms with Gasteiger partial charge in [-0.25, -0.2) is 0 Å². The van der Waals surface area contributed by atoms with Gasteiger partial charge in [-0.3, -0.25) is 9.59 Å². The summed E-state index contributed by atoms with van der Waals surface area (Å²) in [7, 11) is 0. The molecule has 0 spiro atoms. The number of hydrogen-bond donors (Lipinski definition) is 2. The van der Waals surface area contributed by atoms with Gasteiger partial charge in [-0.2, -0.15) is 0 Å². The zero-order valence-corrected chi connectivity index (χ0v) is 9.21. The minimum atomic E-state index is -0.665. The SMILES string of the molecule is CC(C)OC(=O)CCNC(=O)C1(N)CC1. The molecule has 1 fully saturated rings. The van der Waals surface area contributed by atoms with Gasteiger partial charge in [-0.05, 0) is 26.7 Å². The van der Waals surface area contributed by atoms with E-state index in [0.717, 1.165) is 12.8 Å². The van der Waals surface area contributed by atoms with Crippen LogP contribution in [0.4, 0.5) is 0 Å². The topological polar surface area (TPSA) is 81.4 Å². The number of ether oxygens (including phenoxy) is 1. The smallest absolute Gasteiger partial charge is 0.307 e. The van der Waals surface area contributed by atoms with Crippen LogP contribution in [0.1, 0.15) is 33.1 Å². The third kappa shape index (κ3) is 3.87. The molecule has 1 saturated carbocycles. The lowest BCUT2D eigenvalue weighted by molar-refractivity contribution is -0.147. The maximum Gasteiger partial charge on any atom is 0.307 e. The maximum atomic E-state index is 11.3. The van der Waals surface area contributed by atoms with Crippen molar-refractivity contribution in [3.63, 3.8) is 0 Å². The third-order valence-electron chi connectivity index (χ3n) is 2.22. The average Bonchev–Trinajstić information content (AvgIpc) is 2.83. The van der Waals surface area contributed by atoms with E-state index in [9.17, 15) is 9.59 Å². The van der Waals surface area contributed by atoms with Crippen LogP contribution >= 0.6 is 0 Å². The monoisotopic (exact) mass is 214 g/mol. The molecule has 0 aromatic rings. The number of nitrogens with one attached hydrogen (secondary N) is 1. The predicted octanol–water partition coefficient (Wildman–Crippen LogP) is -0.0644. The Labute approximate surface area is 89.3 Å². The first-order chi connectivity index (χ1) is 6.94. The van der Waals surface area contributed by atoms with Crippen molar-refractivity contribution >= 4 is 11.9 Å². The molecule has 0 heterocycles. The molecule has 86 valence electrons. The molecule has 0 aromatic carbocycles. The van der Waals surface area contributed by atoms with Crippen molar-refractivity contribution in [2.75, 3.05) is 6.54 Å². The standard InChI is InChI=1S/C10H18N2O3/c1-7(2)15-8(13)3-6-12-9(14)10(11)4-5-10/h7H,3-6,11H2,1-2H3,(H,12,14). The summed E-state index contributed by atoms with van der Waals surface area (Å²) in [6.07, 6.45) is 1.54. The molecule has 0 bridgehead atoms. The number of amides is 1. The van der Waals surface area contributed by atoms with E-state index >= 15 is 0 Å². The summed E-state index contributed by atoms with van der Waals surface area (Å²) in [4.78, 5) is 22.4. The van der Waals surface area contributed by atoms with E-state index in [1.807, 2.05) is 0 Å². The lowest BCUT2D eigenvalue weighted by Gasteiger charge is -2.10. The van der Waals surface area contributed by atoms with E-state index in [1.165, 1.54) is 0 Å². The minimum absolute atomic E-state index is 0.113. The van der Waals surface area contributed by atoms with Crippen LogP contribution in [0.2, 0.25) is 0 Å². The summed E-state index contributed by atoms with van der Waals surface area (Å²) in [5.74, 6) is -0.466. The van der Waals surface area contributed by atoms with Crippen molar-refractivity contribution in [1.29, 1.82) is 0 Å². The van der Waals surface area contributed by atoms with E-state index in [-0.39, 0.29) is 24.4 Å². The minimum Gasteiger partial charge on any atom is -0.463 e. The van der Waals surface area contributed by atoms with Crippen LogP contribution in [0.5, 0.6) is 0 Å². The third-order valence-corrected chi connectivity index (χ3v) is 2.22. The van der Waals surface area contributed by atoms with E-state index in [0.29, 0.717) is 6.54 Å². The van der Waals surface area contributed by atoms with E-state index in [4.69, 9.17) is 10.5 Å². The Bertz CT molecular complexity index is 259. The molecule has 0 radical (unpaired) electrons. The van der Waals surface area contributed by atoms with Gasteiger partial charge < -0.3 is 15.8 Å². The Morgan fingerprint density at radius 2 is 2.07 bits per heavy atom. The summed E-state index contributed by atoms with van der Waals surface area (Å²) in [5, 5.41) is 2.62. The summed E-state index contributed by atoms with van der Waals surface area (Å²) < 4.78 is 4.91. The second-order valence-corrected chi connectivity index (χ2v) is 4.20. The molecule has 0 atom stereocenters. The Kier molecular flexibility index (Phi) is 3.68. The second kappa shape index (κ2) is 4.61. The lowest BCUT2D eigenvalue weighted by atomic mass is 10.2. The van der Waals surface area contributed by atoms with Gasteiger partial charge in [0.05, 0.1) is 18.1 Å². The highest BCUT2D eigenvalue weighted by molar-refractivity contribution is 5.89. The molecule has 1 amide bonds. The predicted molar refractivity (Wildman–Crippen MR) is 55.0 cm³/mol. The van der Waals surface area contributed by atoms with Crippen LogP contribution in [0.3, 0.4) is 0 Å². The Morgan fingerprint density at radius 3 is 2.53 bits per heavy atom. The van der Waals surface area contributed by atoms with Gasteiger partial charge >= 0.3 is 5.97 Å². The second-order valence-electron chi connectivity index (χ2n) is 4.20. The quantitative estimate of drug-likeness (QED) is 0.628. The number of rotatable bonds is 5. The Balaban J connectivity index is 2.11. The average molecular weight is 214 g/mol. The van der Waals surface area contributed by atoms with E-state index in [1.54, 1.807) is 13.8 Å². The summed E-state index contributed by atoms with van der Waals surface area (Å²) in [6.45, 7) is 3.87. The fourth-order valence-corrected chi connectivity index (χ4v) is 1.14. The molecule has 0 unspecified atom stereocenters. The fourth-order valence-electron chi connectivity index (χ4n) is 1.14. The van der Waals surface area contributed by atoms with Crippen LogP contribution in [-0.2, 0) is 14.3 Å². The van der Waals surface area contributed by atoms with Crippen LogP contribution in [0.15, 0.2) is 0 Å². The lowest BCUT2D eigenvalue weighted by Crippen LogP contribution is -2.43. The van der Waals surface area contributed by atoms with Crippen molar-refractivity contribution in [3.05, 3.63) is 0 Å². The molecule has 5 nitrogen and oxygen atoms in total. The normalized spacial score (nSPS) is 17.3. The highest BCUT2D eigenvalue weighted by Gasteiger charge is 2.45. The molecule has 1 aliphatic carbocycles. The first-order valence-electron chi connectivity index (χ1n) is 5.21. The van der Waals surface area contributed by atoms with Gasteiger partial charge in [0, 0.05) is 6.54 Å². The molecule has 15 heavy (non-hydrogen) atoms. The zero-order chi connectivity index (χ0) is 11.5. The van der Waals surface area contributed by atoms with Crippen LogP contribution < -0.4 is 11.1 Å². The zero-order valence-electron chi connectivity index (χ0n) is 9.21. The maximum absolute atomic E-state index is 11.3. The first-order valence-corrected chi connectivity index (χ1v) is 5.21. The van der Waals surface area contributed by atoms with Crippen molar-refractivity contribution in [1.82, 2.24) is 5.32 Å². The molecule has 0 aromatic heterocycles. The molecule has 0 saturated heterocycles. The fraction of sp³-hybridized carbons (Fsp3) is 0.800. The van der Waals surface area contributed by atoms with Crippen molar-refractivity contribution in [2.45, 2.75) is 44.8 Å². The molecular formula is C10H18N2O3. The van der Waals surface area contributed by atoms with Gasteiger partial charge in [0.25, 0.3) is 0 Å². The largest absolute Gasteiger partial charge is 0.463 e. The van der Waals surface area contributed by atoms with E-state index < -0.39 is 5.54 Å². The van der Waals surface area contributed by atoms with E-state index in [2.05, 4.69) is 5.32 Å².